The summed E-state index contributed by atoms with van der Waals surface area (Å²) in [4.78, 5) is 0. The first-order valence-corrected chi connectivity index (χ1v) is 10.8. The molecule has 0 amide bonds. The Balaban J connectivity index is 1.35. The standard InChI is InChI=1S/C23H30O4/c1-3-7-20(24)9-6-17-16-4-10-21-15-22(25-13-14-26-22)11-12-23(21,27-21)18(16)5-8-19(17,20)2/h5,16-17,24H,4,6,8-15H2,1-2H3/t16?,17?,19?,20?,21-,23?/m1/s1. The molecular formula is C23H30O4. The Kier molecular flexibility index (Phi) is 3.15. The maximum atomic E-state index is 11.3. The van der Waals surface area contributed by atoms with Crippen LogP contribution in [0.25, 0.3) is 0 Å². The van der Waals surface area contributed by atoms with E-state index in [9.17, 15) is 5.11 Å². The van der Waals surface area contributed by atoms with E-state index in [1.165, 1.54) is 5.57 Å². The van der Waals surface area contributed by atoms with Crippen molar-refractivity contribution < 1.29 is 19.3 Å². The van der Waals surface area contributed by atoms with Crippen LogP contribution in [0.15, 0.2) is 11.6 Å². The van der Waals surface area contributed by atoms with Crippen molar-refractivity contribution in [2.45, 2.75) is 87.8 Å². The maximum absolute atomic E-state index is 11.3. The predicted octanol–water partition coefficient (Wildman–Crippen LogP) is 3.33. The fraction of sp³-hybridized carbons (Fsp3) is 0.826. The Bertz CT molecular complexity index is 786. The highest BCUT2D eigenvalue weighted by Crippen LogP contribution is 2.74. The van der Waals surface area contributed by atoms with Gasteiger partial charge in [0.15, 0.2) is 5.79 Å². The van der Waals surface area contributed by atoms with Crippen LogP contribution in [0, 0.1) is 29.1 Å². The fourth-order valence-corrected chi connectivity index (χ4v) is 7.76. The Morgan fingerprint density at radius 3 is 2.70 bits per heavy atom. The van der Waals surface area contributed by atoms with Gasteiger partial charge in [-0.15, -0.1) is 5.92 Å². The number of hydrogen-bond acceptors (Lipinski definition) is 4. The minimum absolute atomic E-state index is 0.0657. The molecule has 2 heterocycles. The number of aliphatic hydroxyl groups is 1. The van der Waals surface area contributed by atoms with Crippen LogP contribution in [0.2, 0.25) is 0 Å². The van der Waals surface area contributed by atoms with Crippen LogP contribution in [-0.2, 0) is 14.2 Å². The van der Waals surface area contributed by atoms with Crippen LogP contribution in [0.5, 0.6) is 0 Å². The molecule has 0 aromatic carbocycles. The van der Waals surface area contributed by atoms with Crippen molar-refractivity contribution in [3.8, 4) is 11.8 Å². The molecule has 1 spiro atoms. The molecule has 6 atom stereocenters. The second-order valence-electron chi connectivity index (χ2n) is 10.0. The SMILES string of the molecule is CC#CC1(O)CCC2C3CC[C@@]45CC6(CCC4(O5)C3=CCC21C)OCCO6. The molecule has 2 aliphatic heterocycles. The first-order chi connectivity index (χ1) is 12.9. The molecule has 27 heavy (non-hydrogen) atoms. The van der Waals surface area contributed by atoms with Crippen LogP contribution in [-0.4, -0.2) is 40.9 Å². The van der Waals surface area contributed by atoms with E-state index in [1.807, 2.05) is 6.92 Å². The van der Waals surface area contributed by atoms with E-state index in [4.69, 9.17) is 14.2 Å². The molecule has 0 aromatic rings. The zero-order chi connectivity index (χ0) is 18.5. The van der Waals surface area contributed by atoms with Gasteiger partial charge >= 0.3 is 0 Å². The largest absolute Gasteiger partial charge is 0.377 e. The lowest BCUT2D eigenvalue weighted by molar-refractivity contribution is -0.185. The summed E-state index contributed by atoms with van der Waals surface area (Å²) < 4.78 is 18.7. The monoisotopic (exact) mass is 370 g/mol. The Hall–Kier alpha value is -0.860. The Morgan fingerprint density at radius 1 is 1.11 bits per heavy atom. The number of fused-ring (bicyclic) bond motifs is 3. The zero-order valence-corrected chi connectivity index (χ0v) is 16.5. The zero-order valence-electron chi connectivity index (χ0n) is 16.5. The normalized spacial score (nSPS) is 54.1. The van der Waals surface area contributed by atoms with E-state index in [2.05, 4.69) is 24.8 Å². The number of allylic oxidation sites excluding steroid dienone is 1. The smallest absolute Gasteiger partial charge is 0.171 e. The summed E-state index contributed by atoms with van der Waals surface area (Å²) in [7, 11) is 0. The van der Waals surface area contributed by atoms with Crippen LogP contribution < -0.4 is 0 Å². The summed E-state index contributed by atoms with van der Waals surface area (Å²) in [5, 5.41) is 11.3. The Morgan fingerprint density at radius 2 is 1.93 bits per heavy atom. The molecule has 0 radical (unpaired) electrons. The second kappa shape index (κ2) is 5.00. The molecule has 1 N–H and O–H groups in total. The molecule has 6 aliphatic rings. The van der Waals surface area contributed by atoms with E-state index in [1.54, 1.807) is 0 Å². The molecule has 4 nitrogen and oxygen atoms in total. The van der Waals surface area contributed by atoms with E-state index < -0.39 is 5.60 Å². The van der Waals surface area contributed by atoms with Gasteiger partial charge < -0.3 is 19.3 Å². The molecule has 0 bridgehead atoms. The number of hydrogen-bond donors (Lipinski definition) is 1. The summed E-state index contributed by atoms with van der Waals surface area (Å²) in [6.45, 7) is 5.54. The van der Waals surface area contributed by atoms with Gasteiger partial charge in [0, 0.05) is 18.3 Å². The first-order valence-electron chi connectivity index (χ1n) is 10.8. The van der Waals surface area contributed by atoms with Gasteiger partial charge in [-0.05, 0) is 62.9 Å². The van der Waals surface area contributed by atoms with Gasteiger partial charge in [0.2, 0.25) is 0 Å². The average molecular weight is 370 g/mol. The molecule has 146 valence electrons. The van der Waals surface area contributed by atoms with Crippen LogP contribution in [0.1, 0.15) is 65.2 Å². The molecule has 2 saturated heterocycles. The van der Waals surface area contributed by atoms with Crippen molar-refractivity contribution in [1.29, 1.82) is 0 Å². The van der Waals surface area contributed by atoms with Crippen molar-refractivity contribution in [1.82, 2.24) is 0 Å². The van der Waals surface area contributed by atoms with E-state index >= 15 is 0 Å². The maximum Gasteiger partial charge on any atom is 0.171 e. The quantitative estimate of drug-likeness (QED) is 0.404. The van der Waals surface area contributed by atoms with E-state index in [-0.39, 0.29) is 22.4 Å². The third kappa shape index (κ3) is 1.86. The Labute approximate surface area is 161 Å². The van der Waals surface area contributed by atoms with Gasteiger partial charge in [0.05, 0.1) is 13.2 Å². The highest BCUT2D eigenvalue weighted by molar-refractivity contribution is 5.44. The van der Waals surface area contributed by atoms with Crippen molar-refractivity contribution in [3.05, 3.63) is 11.6 Å². The van der Waals surface area contributed by atoms with Gasteiger partial charge in [0.1, 0.15) is 16.8 Å². The third-order valence-corrected chi connectivity index (χ3v) is 9.16. The average Bonchev–Trinajstić information content (AvgIpc) is 2.99. The summed E-state index contributed by atoms with van der Waals surface area (Å²) in [5.74, 6) is 6.83. The second-order valence-corrected chi connectivity index (χ2v) is 10.0. The van der Waals surface area contributed by atoms with E-state index in [0.717, 1.165) is 51.4 Å². The molecule has 5 fully saturated rings. The number of ether oxygens (including phenoxy) is 3. The van der Waals surface area contributed by atoms with Crippen LogP contribution in [0.3, 0.4) is 0 Å². The summed E-state index contributed by atoms with van der Waals surface area (Å²) in [6.07, 6.45) is 10.3. The van der Waals surface area contributed by atoms with Crippen molar-refractivity contribution in [2.75, 3.05) is 13.2 Å². The lowest BCUT2D eigenvalue weighted by Crippen LogP contribution is -2.53. The fourth-order valence-electron chi connectivity index (χ4n) is 7.76. The van der Waals surface area contributed by atoms with Gasteiger partial charge in [-0.1, -0.05) is 18.9 Å². The van der Waals surface area contributed by atoms with Crippen LogP contribution >= 0.6 is 0 Å². The lowest BCUT2D eigenvalue weighted by Gasteiger charge is -2.51. The van der Waals surface area contributed by atoms with E-state index in [0.29, 0.717) is 25.0 Å². The molecular weight excluding hydrogens is 340 g/mol. The number of epoxide rings is 1. The minimum Gasteiger partial charge on any atom is -0.377 e. The predicted molar refractivity (Wildman–Crippen MR) is 99.7 cm³/mol. The number of rotatable bonds is 0. The molecule has 0 aromatic heterocycles. The molecule has 4 heteroatoms. The minimum atomic E-state index is -0.840. The lowest BCUT2D eigenvalue weighted by atomic mass is 9.53. The molecule has 4 aliphatic carbocycles. The molecule has 6 rings (SSSR count). The highest BCUT2D eigenvalue weighted by atomic mass is 16.7. The molecule has 3 saturated carbocycles. The van der Waals surface area contributed by atoms with Gasteiger partial charge in [-0.2, -0.15) is 0 Å². The first kappa shape index (κ1) is 17.0. The molecule has 5 unspecified atom stereocenters. The van der Waals surface area contributed by atoms with Crippen LogP contribution in [0.4, 0.5) is 0 Å². The van der Waals surface area contributed by atoms with Gasteiger partial charge in [0.25, 0.3) is 0 Å². The summed E-state index contributed by atoms with van der Waals surface area (Å²) >= 11 is 0. The van der Waals surface area contributed by atoms with Gasteiger partial charge in [-0.25, -0.2) is 0 Å². The summed E-state index contributed by atoms with van der Waals surface area (Å²) in [6, 6.07) is 0. The van der Waals surface area contributed by atoms with Gasteiger partial charge in [-0.3, -0.25) is 0 Å². The van der Waals surface area contributed by atoms with Crippen molar-refractivity contribution in [3.63, 3.8) is 0 Å². The summed E-state index contributed by atoms with van der Waals surface area (Å²) in [5.41, 5.74) is 0.424. The van der Waals surface area contributed by atoms with Crippen molar-refractivity contribution in [2.24, 2.45) is 17.3 Å². The third-order valence-electron chi connectivity index (χ3n) is 9.16. The highest BCUT2D eigenvalue weighted by Gasteiger charge is 2.79. The topological polar surface area (TPSA) is 51.2 Å². The van der Waals surface area contributed by atoms with Crippen molar-refractivity contribution >= 4 is 0 Å².